The van der Waals surface area contributed by atoms with Gasteiger partial charge in [-0.05, 0) is 77.7 Å². The number of amides is 1. The van der Waals surface area contributed by atoms with Crippen molar-refractivity contribution in [3.63, 3.8) is 0 Å². The van der Waals surface area contributed by atoms with Crippen molar-refractivity contribution in [1.82, 2.24) is 19.5 Å². The van der Waals surface area contributed by atoms with Crippen LogP contribution in [-0.4, -0.2) is 38.7 Å². The van der Waals surface area contributed by atoms with Crippen LogP contribution in [0.4, 0.5) is 24.8 Å². The van der Waals surface area contributed by atoms with Gasteiger partial charge in [-0.1, -0.05) is 12.1 Å². The SMILES string of the molecule is CNc1ncnc2c1ccn2[C@H]1CC[C@@H](CCc2ccc3cc(Br)c(NC(=O)C(F)(F)F)nc3c2)C1. The molecule has 0 aliphatic heterocycles. The Morgan fingerprint density at radius 1 is 1.17 bits per heavy atom. The molecule has 0 spiro atoms. The van der Waals surface area contributed by atoms with E-state index in [2.05, 4.69) is 53.0 Å². The Hall–Kier alpha value is -3.21. The van der Waals surface area contributed by atoms with E-state index in [9.17, 15) is 18.0 Å². The Bertz CT molecular complexity index is 1440. The Balaban J connectivity index is 1.26. The molecule has 2 N–H and O–H groups in total. The second-order valence-corrected chi connectivity index (χ2v) is 9.96. The topological polar surface area (TPSA) is 84.7 Å². The molecular formula is C25H24BrF3N6O. The maximum atomic E-state index is 12.7. The van der Waals surface area contributed by atoms with Gasteiger partial charge in [-0.2, -0.15) is 13.2 Å². The molecule has 7 nitrogen and oxygen atoms in total. The van der Waals surface area contributed by atoms with E-state index in [1.54, 1.807) is 12.4 Å². The summed E-state index contributed by atoms with van der Waals surface area (Å²) in [7, 11) is 1.85. The minimum Gasteiger partial charge on any atom is -0.372 e. The van der Waals surface area contributed by atoms with Gasteiger partial charge >= 0.3 is 12.1 Å². The maximum Gasteiger partial charge on any atom is 0.471 e. The van der Waals surface area contributed by atoms with E-state index in [-0.39, 0.29) is 5.82 Å². The van der Waals surface area contributed by atoms with E-state index in [4.69, 9.17) is 0 Å². The molecule has 0 saturated heterocycles. The summed E-state index contributed by atoms with van der Waals surface area (Å²) >= 11 is 3.19. The molecule has 5 rings (SSSR count). The lowest BCUT2D eigenvalue weighted by atomic mass is 9.97. The lowest BCUT2D eigenvalue weighted by Gasteiger charge is -2.15. The van der Waals surface area contributed by atoms with Crippen LogP contribution >= 0.6 is 15.9 Å². The number of carbonyl (C=O) groups excluding carboxylic acids is 1. The second kappa shape index (κ2) is 9.68. The summed E-state index contributed by atoms with van der Waals surface area (Å²) in [6.45, 7) is 0. The first-order valence-electron chi connectivity index (χ1n) is 11.7. The molecule has 1 aliphatic carbocycles. The highest BCUT2D eigenvalue weighted by molar-refractivity contribution is 9.10. The van der Waals surface area contributed by atoms with Crippen molar-refractivity contribution < 1.29 is 18.0 Å². The highest BCUT2D eigenvalue weighted by Gasteiger charge is 2.39. The molecule has 1 aliphatic rings. The monoisotopic (exact) mass is 560 g/mol. The van der Waals surface area contributed by atoms with Crippen LogP contribution in [0.1, 0.15) is 37.3 Å². The lowest BCUT2D eigenvalue weighted by molar-refractivity contribution is -0.167. The molecule has 36 heavy (non-hydrogen) atoms. The van der Waals surface area contributed by atoms with Crippen LogP contribution < -0.4 is 10.6 Å². The number of pyridine rings is 1. The van der Waals surface area contributed by atoms with E-state index >= 15 is 0 Å². The molecule has 1 amide bonds. The molecule has 11 heteroatoms. The second-order valence-electron chi connectivity index (χ2n) is 9.10. The molecule has 3 heterocycles. The summed E-state index contributed by atoms with van der Waals surface area (Å²) in [6.07, 6.45) is 3.82. The standard InChI is InChI=1S/C25H24BrF3N6O/c1-30-21-18-8-9-35(23(18)32-13-31-21)17-7-5-14(10-17)2-3-15-4-6-16-12-19(26)22(33-20(16)11-15)34-24(36)25(27,28)29/h4,6,8-9,11-14,17H,2-3,5,7,10H2,1H3,(H,30,31,32)(H,33,34,36)/t14-,17+/m1/s1. The molecule has 2 atom stereocenters. The normalized spacial score (nSPS) is 18.1. The molecule has 188 valence electrons. The predicted octanol–water partition coefficient (Wildman–Crippen LogP) is 6.26. The minimum absolute atomic E-state index is 0.148. The van der Waals surface area contributed by atoms with Crippen molar-refractivity contribution in [3.8, 4) is 0 Å². The Morgan fingerprint density at radius 2 is 2.00 bits per heavy atom. The van der Waals surface area contributed by atoms with Crippen molar-refractivity contribution in [2.75, 3.05) is 17.7 Å². The van der Waals surface area contributed by atoms with E-state index in [0.717, 1.165) is 59.9 Å². The summed E-state index contributed by atoms with van der Waals surface area (Å²) < 4.78 is 40.5. The third-order valence-corrected chi connectivity index (χ3v) is 7.42. The molecule has 4 aromatic rings. The number of nitrogens with zero attached hydrogens (tertiary/aromatic N) is 4. The number of benzene rings is 1. The van der Waals surface area contributed by atoms with Crippen LogP contribution in [0.25, 0.3) is 21.9 Å². The van der Waals surface area contributed by atoms with E-state index < -0.39 is 12.1 Å². The predicted molar refractivity (Wildman–Crippen MR) is 136 cm³/mol. The fraction of sp³-hybridized carbons (Fsp3) is 0.360. The Labute approximate surface area is 213 Å². The largest absolute Gasteiger partial charge is 0.471 e. The molecule has 1 saturated carbocycles. The highest BCUT2D eigenvalue weighted by Crippen LogP contribution is 2.39. The Morgan fingerprint density at radius 3 is 2.78 bits per heavy atom. The van der Waals surface area contributed by atoms with Crippen molar-refractivity contribution in [2.45, 2.75) is 44.3 Å². The van der Waals surface area contributed by atoms with Crippen LogP contribution in [0.2, 0.25) is 0 Å². The van der Waals surface area contributed by atoms with Crippen molar-refractivity contribution in [2.24, 2.45) is 5.92 Å². The number of fused-ring (bicyclic) bond motifs is 2. The zero-order chi connectivity index (χ0) is 25.4. The number of alkyl halides is 3. The molecule has 1 fully saturated rings. The van der Waals surface area contributed by atoms with Gasteiger partial charge in [0.25, 0.3) is 0 Å². The van der Waals surface area contributed by atoms with Gasteiger partial charge in [-0.25, -0.2) is 15.0 Å². The molecule has 1 aromatic carbocycles. The number of aromatic nitrogens is 4. The van der Waals surface area contributed by atoms with Gasteiger partial charge < -0.3 is 15.2 Å². The zero-order valence-corrected chi connectivity index (χ0v) is 21.0. The van der Waals surface area contributed by atoms with E-state index in [1.807, 2.05) is 30.6 Å². The smallest absolute Gasteiger partial charge is 0.372 e. The van der Waals surface area contributed by atoms with Gasteiger partial charge in [-0.3, -0.25) is 4.79 Å². The fourth-order valence-corrected chi connectivity index (χ4v) is 5.44. The highest BCUT2D eigenvalue weighted by atomic mass is 79.9. The Kier molecular flexibility index (Phi) is 6.59. The number of hydrogen-bond donors (Lipinski definition) is 2. The maximum absolute atomic E-state index is 12.7. The van der Waals surface area contributed by atoms with Crippen LogP contribution in [0.3, 0.4) is 0 Å². The van der Waals surface area contributed by atoms with Gasteiger partial charge in [0.15, 0.2) is 0 Å². The van der Waals surface area contributed by atoms with Crippen molar-refractivity contribution >= 4 is 55.4 Å². The fourth-order valence-electron chi connectivity index (χ4n) is 5.01. The van der Waals surface area contributed by atoms with Crippen molar-refractivity contribution in [1.29, 1.82) is 0 Å². The van der Waals surface area contributed by atoms with E-state index in [0.29, 0.717) is 21.9 Å². The average Bonchev–Trinajstić information content (AvgIpc) is 3.49. The molecule has 3 aromatic heterocycles. The first kappa shape index (κ1) is 24.5. The number of aryl methyl sites for hydroxylation is 1. The summed E-state index contributed by atoms with van der Waals surface area (Å²) in [5.41, 5.74) is 2.54. The van der Waals surface area contributed by atoms with Crippen LogP contribution in [0, 0.1) is 5.92 Å². The number of carbonyl (C=O) groups is 1. The zero-order valence-electron chi connectivity index (χ0n) is 19.4. The van der Waals surface area contributed by atoms with Gasteiger partial charge in [0.05, 0.1) is 15.4 Å². The number of nitrogens with one attached hydrogen (secondary N) is 2. The summed E-state index contributed by atoms with van der Waals surface area (Å²) in [4.78, 5) is 24.4. The first-order chi connectivity index (χ1) is 17.2. The lowest BCUT2D eigenvalue weighted by Crippen LogP contribution is -2.30. The minimum atomic E-state index is -4.98. The summed E-state index contributed by atoms with van der Waals surface area (Å²) in [5.74, 6) is -0.810. The first-order valence-corrected chi connectivity index (χ1v) is 12.5. The summed E-state index contributed by atoms with van der Waals surface area (Å²) in [5, 5.41) is 6.75. The number of hydrogen-bond acceptors (Lipinski definition) is 5. The van der Waals surface area contributed by atoms with Crippen molar-refractivity contribution in [3.05, 3.63) is 52.9 Å². The van der Waals surface area contributed by atoms with Crippen LogP contribution in [0.5, 0.6) is 0 Å². The van der Waals surface area contributed by atoms with Gasteiger partial charge in [-0.15, -0.1) is 0 Å². The van der Waals surface area contributed by atoms with Gasteiger partial charge in [0, 0.05) is 24.7 Å². The molecule has 0 radical (unpaired) electrons. The molecular weight excluding hydrogens is 537 g/mol. The number of anilines is 2. The third kappa shape index (κ3) is 4.88. The third-order valence-electron chi connectivity index (χ3n) is 6.82. The average molecular weight is 561 g/mol. The van der Waals surface area contributed by atoms with E-state index in [1.165, 1.54) is 0 Å². The number of rotatable bonds is 6. The molecule has 0 bridgehead atoms. The summed E-state index contributed by atoms with van der Waals surface area (Å²) in [6, 6.07) is 9.91. The van der Waals surface area contributed by atoms with Crippen LogP contribution in [-0.2, 0) is 11.2 Å². The molecule has 0 unspecified atom stereocenters. The van der Waals surface area contributed by atoms with Crippen LogP contribution in [0.15, 0.2) is 47.3 Å². The van der Waals surface area contributed by atoms with Gasteiger partial charge in [0.1, 0.15) is 23.6 Å². The number of halogens is 4. The quantitative estimate of drug-likeness (QED) is 0.291. The van der Waals surface area contributed by atoms with Gasteiger partial charge in [0.2, 0.25) is 0 Å².